The Morgan fingerprint density at radius 1 is 1.20 bits per heavy atom. The minimum Gasteiger partial charge on any atom is -0.457 e. The molecule has 0 N–H and O–H groups in total. The van der Waals surface area contributed by atoms with Crippen LogP contribution in [0, 0.1) is 19.7 Å². The molecule has 0 fully saturated rings. The molecule has 0 spiro atoms. The molecule has 0 atom stereocenters. The monoisotopic (exact) mass is 342 g/mol. The summed E-state index contributed by atoms with van der Waals surface area (Å²) in [7, 11) is 1.95. The van der Waals surface area contributed by atoms with Gasteiger partial charge in [0.05, 0.1) is 17.6 Å². The lowest BCUT2D eigenvalue weighted by Crippen LogP contribution is -2.14. The van der Waals surface area contributed by atoms with E-state index in [2.05, 4.69) is 4.99 Å². The van der Waals surface area contributed by atoms with Gasteiger partial charge in [-0.25, -0.2) is 14.2 Å². The molecule has 0 aliphatic carbocycles. The van der Waals surface area contributed by atoms with Crippen LogP contribution in [-0.4, -0.2) is 30.8 Å². The maximum absolute atomic E-state index is 12.9. The van der Waals surface area contributed by atoms with E-state index in [-0.39, 0.29) is 12.4 Å². The van der Waals surface area contributed by atoms with Crippen molar-refractivity contribution in [1.82, 2.24) is 4.90 Å². The fraction of sp³-hybridized carbons (Fsp3) is 0.300. The van der Waals surface area contributed by atoms with E-state index in [1.165, 1.54) is 12.1 Å². The lowest BCUT2D eigenvalue weighted by Gasteiger charge is -2.12. The largest absolute Gasteiger partial charge is 0.457 e. The number of aryl methyl sites for hydroxylation is 2. The first-order valence-corrected chi connectivity index (χ1v) is 8.18. The summed E-state index contributed by atoms with van der Waals surface area (Å²) in [4.78, 5) is 18.8. The van der Waals surface area contributed by atoms with Crippen molar-refractivity contribution in [2.24, 2.45) is 4.99 Å². The summed E-state index contributed by atoms with van der Waals surface area (Å²) in [5.74, 6) is -0.711. The van der Waals surface area contributed by atoms with E-state index in [1.54, 1.807) is 24.5 Å². The smallest absolute Gasteiger partial charge is 0.338 e. The second kappa shape index (κ2) is 8.42. The van der Waals surface area contributed by atoms with Crippen LogP contribution in [0.1, 0.15) is 34.0 Å². The maximum Gasteiger partial charge on any atom is 0.338 e. The van der Waals surface area contributed by atoms with Gasteiger partial charge in [-0.05, 0) is 61.7 Å². The Labute approximate surface area is 148 Å². The molecule has 0 aliphatic rings. The third kappa shape index (κ3) is 5.14. The SMILES string of the molecule is CCN(C)/C=N/c1cc(C)c(C(=O)OCc2ccc(F)cc2)cc1C. The number of benzene rings is 2. The number of nitrogens with zero attached hydrogens (tertiary/aromatic N) is 2. The predicted molar refractivity (Wildman–Crippen MR) is 97.9 cm³/mol. The number of rotatable bonds is 6. The number of esters is 1. The molecule has 2 aromatic rings. The topological polar surface area (TPSA) is 41.9 Å². The van der Waals surface area contributed by atoms with Gasteiger partial charge in [0, 0.05) is 13.6 Å². The summed E-state index contributed by atoms with van der Waals surface area (Å²) >= 11 is 0. The number of carbonyl (C=O) groups is 1. The summed E-state index contributed by atoms with van der Waals surface area (Å²) in [6.45, 7) is 6.80. The third-order valence-corrected chi connectivity index (χ3v) is 3.94. The molecule has 0 heterocycles. The Hall–Kier alpha value is -2.69. The summed E-state index contributed by atoms with van der Waals surface area (Å²) in [5.41, 5.74) is 3.80. The number of ether oxygens (including phenoxy) is 1. The second-order valence-corrected chi connectivity index (χ2v) is 5.97. The Morgan fingerprint density at radius 2 is 1.88 bits per heavy atom. The van der Waals surface area contributed by atoms with Crippen LogP contribution in [0.3, 0.4) is 0 Å². The van der Waals surface area contributed by atoms with E-state index in [4.69, 9.17) is 4.74 Å². The van der Waals surface area contributed by atoms with Crippen LogP contribution < -0.4 is 0 Å². The van der Waals surface area contributed by atoms with Gasteiger partial charge in [0.1, 0.15) is 12.4 Å². The normalized spacial score (nSPS) is 10.9. The predicted octanol–water partition coefficient (Wildman–Crippen LogP) is 4.41. The Morgan fingerprint density at radius 3 is 2.52 bits per heavy atom. The van der Waals surface area contributed by atoms with E-state index >= 15 is 0 Å². The highest BCUT2D eigenvalue weighted by atomic mass is 19.1. The van der Waals surface area contributed by atoms with Gasteiger partial charge in [-0.1, -0.05) is 12.1 Å². The zero-order valence-corrected chi connectivity index (χ0v) is 15.0. The average Bonchev–Trinajstić information content (AvgIpc) is 2.61. The highest BCUT2D eigenvalue weighted by Crippen LogP contribution is 2.24. The maximum atomic E-state index is 12.9. The van der Waals surface area contributed by atoms with Crippen LogP contribution >= 0.6 is 0 Å². The molecule has 0 bridgehead atoms. The van der Waals surface area contributed by atoms with Crippen molar-refractivity contribution in [3.8, 4) is 0 Å². The second-order valence-electron chi connectivity index (χ2n) is 5.97. The third-order valence-electron chi connectivity index (χ3n) is 3.94. The molecule has 132 valence electrons. The fourth-order valence-corrected chi connectivity index (χ4v) is 2.21. The number of hydrogen-bond donors (Lipinski definition) is 0. The van der Waals surface area contributed by atoms with E-state index < -0.39 is 5.97 Å². The van der Waals surface area contributed by atoms with E-state index in [9.17, 15) is 9.18 Å². The molecule has 0 aromatic heterocycles. The van der Waals surface area contributed by atoms with Crippen LogP contribution in [0.15, 0.2) is 41.4 Å². The van der Waals surface area contributed by atoms with E-state index in [0.29, 0.717) is 5.56 Å². The summed E-state index contributed by atoms with van der Waals surface area (Å²) in [6, 6.07) is 9.56. The molecule has 0 aliphatic heterocycles. The minimum absolute atomic E-state index is 0.110. The number of aliphatic imine (C=N–C) groups is 1. The molecule has 0 saturated carbocycles. The highest BCUT2D eigenvalue weighted by Gasteiger charge is 2.13. The lowest BCUT2D eigenvalue weighted by molar-refractivity contribution is 0.0472. The Bertz CT molecular complexity index is 770. The molecule has 0 saturated heterocycles. The lowest BCUT2D eigenvalue weighted by atomic mass is 10.0. The minimum atomic E-state index is -0.397. The first-order valence-electron chi connectivity index (χ1n) is 8.18. The number of hydrogen-bond acceptors (Lipinski definition) is 3. The van der Waals surface area contributed by atoms with Gasteiger partial charge in [0.2, 0.25) is 0 Å². The number of halogens is 1. The Kier molecular flexibility index (Phi) is 6.28. The Balaban J connectivity index is 2.10. The highest BCUT2D eigenvalue weighted by molar-refractivity contribution is 5.92. The fourth-order valence-electron chi connectivity index (χ4n) is 2.21. The van der Waals surface area contributed by atoms with Gasteiger partial charge in [0.15, 0.2) is 0 Å². The van der Waals surface area contributed by atoms with Crippen molar-refractivity contribution >= 4 is 18.0 Å². The van der Waals surface area contributed by atoms with Crippen LogP contribution in [0.2, 0.25) is 0 Å². The van der Waals surface area contributed by atoms with Gasteiger partial charge in [-0.2, -0.15) is 0 Å². The average molecular weight is 342 g/mol. The van der Waals surface area contributed by atoms with Gasteiger partial charge in [-0.15, -0.1) is 0 Å². The van der Waals surface area contributed by atoms with Gasteiger partial charge in [0.25, 0.3) is 0 Å². The van der Waals surface area contributed by atoms with Crippen LogP contribution in [0.5, 0.6) is 0 Å². The molecule has 2 aromatic carbocycles. The zero-order chi connectivity index (χ0) is 18.4. The van der Waals surface area contributed by atoms with Gasteiger partial charge < -0.3 is 9.64 Å². The molecule has 0 unspecified atom stereocenters. The summed E-state index contributed by atoms with van der Waals surface area (Å²) in [6.07, 6.45) is 1.77. The molecule has 4 nitrogen and oxygen atoms in total. The van der Waals surface area contributed by atoms with Crippen molar-refractivity contribution in [3.63, 3.8) is 0 Å². The van der Waals surface area contributed by atoms with Gasteiger partial charge >= 0.3 is 5.97 Å². The van der Waals surface area contributed by atoms with Crippen molar-refractivity contribution < 1.29 is 13.9 Å². The standard InChI is InChI=1S/C20H23FN2O2/c1-5-23(4)13-22-19-11-14(2)18(10-15(19)3)20(24)25-12-16-6-8-17(21)9-7-16/h6-11,13H,5,12H2,1-4H3/b22-13+. The van der Waals surface area contributed by atoms with Crippen molar-refractivity contribution in [1.29, 1.82) is 0 Å². The van der Waals surface area contributed by atoms with Crippen LogP contribution in [-0.2, 0) is 11.3 Å². The first kappa shape index (κ1) is 18.6. The summed E-state index contributed by atoms with van der Waals surface area (Å²) < 4.78 is 18.2. The number of carbonyl (C=O) groups excluding carboxylic acids is 1. The first-order chi connectivity index (χ1) is 11.9. The zero-order valence-electron chi connectivity index (χ0n) is 15.0. The molecular weight excluding hydrogens is 319 g/mol. The van der Waals surface area contributed by atoms with Gasteiger partial charge in [-0.3, -0.25) is 0 Å². The molecule has 0 radical (unpaired) electrons. The van der Waals surface area contributed by atoms with E-state index in [1.807, 2.05) is 38.8 Å². The molecular formula is C20H23FN2O2. The molecule has 0 amide bonds. The molecule has 2 rings (SSSR count). The van der Waals surface area contributed by atoms with Crippen LogP contribution in [0.4, 0.5) is 10.1 Å². The summed E-state index contributed by atoms with van der Waals surface area (Å²) in [5, 5.41) is 0. The van der Waals surface area contributed by atoms with Crippen molar-refractivity contribution in [2.75, 3.05) is 13.6 Å². The van der Waals surface area contributed by atoms with Crippen molar-refractivity contribution in [3.05, 3.63) is 64.5 Å². The van der Waals surface area contributed by atoms with Crippen molar-refractivity contribution in [2.45, 2.75) is 27.4 Å². The quantitative estimate of drug-likeness (QED) is 0.443. The van der Waals surface area contributed by atoms with E-state index in [0.717, 1.165) is 28.9 Å². The molecule has 5 heteroatoms. The van der Waals surface area contributed by atoms with Crippen LogP contribution in [0.25, 0.3) is 0 Å². The molecule has 25 heavy (non-hydrogen) atoms.